The lowest BCUT2D eigenvalue weighted by Gasteiger charge is -2.15. The van der Waals surface area contributed by atoms with E-state index in [1.165, 1.54) is 5.56 Å². The van der Waals surface area contributed by atoms with Crippen LogP contribution in [0.2, 0.25) is 5.02 Å². The van der Waals surface area contributed by atoms with Gasteiger partial charge in [0.1, 0.15) is 0 Å². The zero-order chi connectivity index (χ0) is 13.1. The summed E-state index contributed by atoms with van der Waals surface area (Å²) in [5.74, 6) is 0.827. The molecule has 0 atom stereocenters. The Balaban J connectivity index is 2.39. The van der Waals surface area contributed by atoms with Crippen LogP contribution in [0.1, 0.15) is 38.2 Å². The van der Waals surface area contributed by atoms with Gasteiger partial charge in [-0.3, -0.25) is 0 Å². The second-order valence-electron chi connectivity index (χ2n) is 4.35. The van der Waals surface area contributed by atoms with Crippen molar-refractivity contribution >= 4 is 17.5 Å². The topological polar surface area (TPSA) is 52.0 Å². The van der Waals surface area contributed by atoms with E-state index in [9.17, 15) is 0 Å². The molecule has 0 radical (unpaired) electrons. The van der Waals surface area contributed by atoms with Crippen molar-refractivity contribution in [3.05, 3.63) is 35.0 Å². The van der Waals surface area contributed by atoms with Crippen LogP contribution in [0.15, 0.2) is 28.9 Å². The summed E-state index contributed by atoms with van der Waals surface area (Å²) >= 11 is 6.36. The van der Waals surface area contributed by atoms with Crippen molar-refractivity contribution in [2.24, 2.45) is 0 Å². The molecule has 0 aliphatic rings. The number of hydrogen-bond acceptors (Lipinski definition) is 3. The third-order valence-corrected chi connectivity index (χ3v) is 3.66. The van der Waals surface area contributed by atoms with E-state index in [0.29, 0.717) is 11.8 Å². The lowest BCUT2D eigenvalue weighted by Crippen LogP contribution is -1.96. The second kappa shape index (κ2) is 5.44. The van der Waals surface area contributed by atoms with Crippen molar-refractivity contribution in [3.8, 4) is 11.1 Å². The average Bonchev–Trinajstić information content (AvgIpc) is 2.79. The molecule has 0 aliphatic carbocycles. The maximum Gasteiger partial charge on any atom is 0.229 e. The fourth-order valence-corrected chi connectivity index (χ4v) is 2.55. The molecule has 3 nitrogen and oxygen atoms in total. The predicted octanol–water partition coefficient (Wildman–Crippen LogP) is 4.48. The van der Waals surface area contributed by atoms with Crippen molar-refractivity contribution in [1.82, 2.24) is 5.16 Å². The van der Waals surface area contributed by atoms with E-state index in [2.05, 4.69) is 25.1 Å². The summed E-state index contributed by atoms with van der Waals surface area (Å²) in [4.78, 5) is 0. The summed E-state index contributed by atoms with van der Waals surface area (Å²) in [6.45, 7) is 4.35. The van der Waals surface area contributed by atoms with Crippen molar-refractivity contribution in [2.75, 3.05) is 5.73 Å². The summed E-state index contributed by atoms with van der Waals surface area (Å²) in [5, 5.41) is 4.45. The van der Waals surface area contributed by atoms with Crippen LogP contribution in [0.4, 0.5) is 5.88 Å². The van der Waals surface area contributed by atoms with Gasteiger partial charge in [-0.2, -0.15) is 0 Å². The minimum absolute atomic E-state index is 0.321. The number of nitrogens with two attached hydrogens (primary N) is 1. The van der Waals surface area contributed by atoms with Crippen LogP contribution < -0.4 is 5.73 Å². The number of rotatable bonds is 4. The van der Waals surface area contributed by atoms with Gasteiger partial charge in [0.15, 0.2) is 0 Å². The highest BCUT2D eigenvalue weighted by atomic mass is 35.5. The molecule has 18 heavy (non-hydrogen) atoms. The number of halogens is 1. The molecule has 0 fully saturated rings. The Morgan fingerprint density at radius 1 is 1.33 bits per heavy atom. The number of aromatic nitrogens is 1. The summed E-state index contributed by atoms with van der Waals surface area (Å²) in [5.41, 5.74) is 8.62. The molecular weight excluding hydrogens is 248 g/mol. The minimum atomic E-state index is 0.321. The van der Waals surface area contributed by atoms with Gasteiger partial charge in [-0.05, 0) is 36.0 Å². The van der Waals surface area contributed by atoms with Crippen molar-refractivity contribution in [3.63, 3.8) is 0 Å². The Hall–Kier alpha value is -1.48. The molecule has 1 aromatic carbocycles. The highest BCUT2D eigenvalue weighted by molar-refractivity contribution is 6.31. The predicted molar refractivity (Wildman–Crippen MR) is 74.7 cm³/mol. The van der Waals surface area contributed by atoms with Crippen LogP contribution in [-0.4, -0.2) is 5.16 Å². The first-order chi connectivity index (χ1) is 8.67. The molecule has 0 aliphatic heterocycles. The fraction of sp³-hybridized carbons (Fsp3) is 0.357. The van der Waals surface area contributed by atoms with E-state index < -0.39 is 0 Å². The van der Waals surface area contributed by atoms with E-state index in [4.69, 9.17) is 21.9 Å². The van der Waals surface area contributed by atoms with Crippen LogP contribution >= 0.6 is 11.6 Å². The van der Waals surface area contributed by atoms with Crippen molar-refractivity contribution in [2.45, 2.75) is 32.6 Å². The molecule has 1 aromatic heterocycles. The molecule has 2 rings (SSSR count). The molecule has 0 amide bonds. The van der Waals surface area contributed by atoms with Crippen LogP contribution in [0.25, 0.3) is 11.1 Å². The minimum Gasteiger partial charge on any atom is -0.367 e. The first kappa shape index (κ1) is 13.0. The van der Waals surface area contributed by atoms with Gasteiger partial charge in [0.05, 0.1) is 11.8 Å². The highest BCUT2D eigenvalue weighted by Crippen LogP contribution is 2.34. The monoisotopic (exact) mass is 264 g/mol. The Labute approximate surface area is 112 Å². The molecule has 0 spiro atoms. The molecule has 2 aromatic rings. The van der Waals surface area contributed by atoms with Crippen molar-refractivity contribution < 1.29 is 4.52 Å². The quantitative estimate of drug-likeness (QED) is 0.886. The molecule has 0 unspecified atom stereocenters. The molecular formula is C14H17ClN2O. The van der Waals surface area contributed by atoms with Gasteiger partial charge >= 0.3 is 0 Å². The highest BCUT2D eigenvalue weighted by Gasteiger charge is 2.13. The molecule has 1 heterocycles. The molecule has 0 saturated heterocycles. The third-order valence-electron chi connectivity index (χ3n) is 3.34. The van der Waals surface area contributed by atoms with Crippen LogP contribution in [0.5, 0.6) is 0 Å². The summed E-state index contributed by atoms with van der Waals surface area (Å²) in [6.07, 6.45) is 3.79. The molecule has 96 valence electrons. The van der Waals surface area contributed by atoms with E-state index in [-0.39, 0.29) is 0 Å². The first-order valence-corrected chi connectivity index (χ1v) is 6.55. The van der Waals surface area contributed by atoms with Gasteiger partial charge < -0.3 is 10.3 Å². The van der Waals surface area contributed by atoms with E-state index in [1.54, 1.807) is 6.20 Å². The number of nitrogen functional groups attached to an aromatic ring is 1. The van der Waals surface area contributed by atoms with Gasteiger partial charge in [-0.25, -0.2) is 0 Å². The summed E-state index contributed by atoms with van der Waals surface area (Å²) in [6, 6.07) is 6.02. The smallest absolute Gasteiger partial charge is 0.229 e. The third kappa shape index (κ3) is 2.36. The van der Waals surface area contributed by atoms with Gasteiger partial charge in [-0.15, -0.1) is 0 Å². The maximum atomic E-state index is 6.36. The summed E-state index contributed by atoms with van der Waals surface area (Å²) in [7, 11) is 0. The van der Waals surface area contributed by atoms with Crippen LogP contribution in [0.3, 0.4) is 0 Å². The maximum absolute atomic E-state index is 6.36. The largest absolute Gasteiger partial charge is 0.367 e. The Kier molecular flexibility index (Phi) is 3.92. The zero-order valence-electron chi connectivity index (χ0n) is 10.6. The lowest BCUT2D eigenvalue weighted by atomic mass is 9.92. The Bertz CT molecular complexity index is 532. The summed E-state index contributed by atoms with van der Waals surface area (Å²) < 4.78 is 4.86. The van der Waals surface area contributed by atoms with Crippen LogP contribution in [-0.2, 0) is 0 Å². The van der Waals surface area contributed by atoms with Crippen molar-refractivity contribution in [1.29, 1.82) is 0 Å². The van der Waals surface area contributed by atoms with Gasteiger partial charge in [0, 0.05) is 5.02 Å². The van der Waals surface area contributed by atoms with Crippen LogP contribution in [0, 0.1) is 0 Å². The Morgan fingerprint density at radius 2 is 2.06 bits per heavy atom. The fourth-order valence-electron chi connectivity index (χ4n) is 2.22. The Morgan fingerprint density at radius 3 is 2.56 bits per heavy atom. The van der Waals surface area contributed by atoms with Gasteiger partial charge in [-0.1, -0.05) is 42.7 Å². The lowest BCUT2D eigenvalue weighted by molar-refractivity contribution is 0.436. The van der Waals surface area contributed by atoms with Gasteiger partial charge in [0.25, 0.3) is 0 Å². The number of nitrogens with zero attached hydrogens (tertiary/aromatic N) is 1. The zero-order valence-corrected chi connectivity index (χ0v) is 11.4. The standard InChI is InChI=1S/C14H17ClN2O/c1-3-9(4-2)11-6-5-10(7-13(11)15)12-8-17-18-14(12)16/h5-9H,3-4,16H2,1-2H3. The molecule has 0 saturated carbocycles. The second-order valence-corrected chi connectivity index (χ2v) is 4.76. The number of anilines is 1. The first-order valence-electron chi connectivity index (χ1n) is 6.17. The normalized spacial score (nSPS) is 11.1. The SMILES string of the molecule is CCC(CC)c1ccc(-c2cnoc2N)cc1Cl. The molecule has 0 bridgehead atoms. The number of hydrogen-bond donors (Lipinski definition) is 1. The number of benzene rings is 1. The molecule has 4 heteroatoms. The van der Waals surface area contributed by atoms with E-state index >= 15 is 0 Å². The van der Waals surface area contributed by atoms with Gasteiger partial charge in [0.2, 0.25) is 5.88 Å². The van der Waals surface area contributed by atoms with E-state index in [1.807, 2.05) is 12.1 Å². The molecule has 2 N–H and O–H groups in total. The van der Waals surface area contributed by atoms with E-state index in [0.717, 1.165) is 29.0 Å². The average molecular weight is 265 g/mol.